The van der Waals surface area contributed by atoms with Gasteiger partial charge in [-0.05, 0) is 31.4 Å². The molecule has 0 amide bonds. The number of hydrogen-bond acceptors (Lipinski definition) is 4. The van der Waals surface area contributed by atoms with Crippen molar-refractivity contribution in [2.75, 3.05) is 0 Å². The summed E-state index contributed by atoms with van der Waals surface area (Å²) in [5.74, 6) is 0. The lowest BCUT2D eigenvalue weighted by Gasteiger charge is -2.16. The van der Waals surface area contributed by atoms with Gasteiger partial charge in [0.05, 0.1) is 9.82 Å². The number of hydrogen-bond donors (Lipinski definition) is 1. The number of nitrogens with zero attached hydrogens (tertiary/aromatic N) is 1. The van der Waals surface area contributed by atoms with E-state index in [1.54, 1.807) is 6.92 Å². The Morgan fingerprint density at radius 3 is 2.35 bits per heavy atom. The number of nitro benzene ring substituents is 1. The van der Waals surface area contributed by atoms with Gasteiger partial charge in [0, 0.05) is 12.1 Å². The van der Waals surface area contributed by atoms with E-state index in [1.807, 2.05) is 13.8 Å². The Morgan fingerprint density at radius 1 is 1.35 bits per heavy atom. The van der Waals surface area contributed by atoms with Gasteiger partial charge in [-0.15, -0.1) is 0 Å². The van der Waals surface area contributed by atoms with Crippen molar-refractivity contribution in [1.29, 1.82) is 0 Å². The van der Waals surface area contributed by atoms with Crippen molar-refractivity contribution in [2.24, 2.45) is 0 Å². The molecule has 0 aliphatic heterocycles. The highest BCUT2D eigenvalue weighted by atomic mass is 35.5. The molecule has 0 saturated heterocycles. The molecule has 0 aliphatic rings. The molecule has 8 heteroatoms. The van der Waals surface area contributed by atoms with E-state index >= 15 is 0 Å². The zero-order chi connectivity index (χ0) is 15.5. The van der Waals surface area contributed by atoms with Crippen LogP contribution in [0.3, 0.4) is 0 Å². The first kappa shape index (κ1) is 16.9. The highest BCUT2D eigenvalue weighted by molar-refractivity contribution is 7.89. The van der Waals surface area contributed by atoms with E-state index in [4.69, 9.17) is 11.6 Å². The molecule has 1 rings (SSSR count). The van der Waals surface area contributed by atoms with Crippen molar-refractivity contribution >= 4 is 27.3 Å². The summed E-state index contributed by atoms with van der Waals surface area (Å²) >= 11 is 5.75. The molecule has 0 saturated carbocycles. The van der Waals surface area contributed by atoms with Crippen molar-refractivity contribution in [3.05, 3.63) is 32.8 Å². The van der Waals surface area contributed by atoms with Crippen LogP contribution in [0.4, 0.5) is 5.69 Å². The van der Waals surface area contributed by atoms with Crippen molar-refractivity contribution in [2.45, 2.75) is 44.6 Å². The van der Waals surface area contributed by atoms with Crippen LogP contribution in [0.15, 0.2) is 17.0 Å². The summed E-state index contributed by atoms with van der Waals surface area (Å²) < 4.78 is 27.1. The van der Waals surface area contributed by atoms with E-state index in [-0.39, 0.29) is 16.0 Å². The molecule has 0 atom stereocenters. The van der Waals surface area contributed by atoms with E-state index < -0.39 is 20.6 Å². The molecule has 0 spiro atoms. The Labute approximate surface area is 123 Å². The summed E-state index contributed by atoms with van der Waals surface area (Å²) in [5, 5.41) is 10.8. The zero-order valence-corrected chi connectivity index (χ0v) is 13.1. The molecule has 0 unspecified atom stereocenters. The van der Waals surface area contributed by atoms with Crippen LogP contribution in [-0.2, 0) is 10.0 Å². The zero-order valence-electron chi connectivity index (χ0n) is 11.5. The molecule has 1 aromatic carbocycles. The monoisotopic (exact) mass is 320 g/mol. The van der Waals surface area contributed by atoms with Crippen LogP contribution < -0.4 is 4.72 Å². The van der Waals surface area contributed by atoms with Gasteiger partial charge in [0.1, 0.15) is 5.02 Å². The summed E-state index contributed by atoms with van der Waals surface area (Å²) in [6, 6.07) is 2.10. The summed E-state index contributed by atoms with van der Waals surface area (Å²) in [4.78, 5) is 10.0. The molecular formula is C12H17ClN2O4S. The minimum atomic E-state index is -3.80. The fraction of sp³-hybridized carbons (Fsp3) is 0.500. The molecule has 0 fully saturated rings. The van der Waals surface area contributed by atoms with Crippen LogP contribution in [0.2, 0.25) is 5.02 Å². The number of nitro groups is 1. The van der Waals surface area contributed by atoms with Crippen molar-refractivity contribution < 1.29 is 13.3 Å². The SMILES string of the molecule is CCC(CC)NS(=O)(=O)c1cc([N+](=O)[O-])c(Cl)cc1C. The van der Waals surface area contributed by atoms with E-state index in [0.717, 1.165) is 6.07 Å². The third-order valence-electron chi connectivity index (χ3n) is 3.04. The van der Waals surface area contributed by atoms with Gasteiger partial charge in [0.2, 0.25) is 10.0 Å². The second-order valence-corrected chi connectivity index (χ2v) is 6.55. The number of benzene rings is 1. The first-order valence-corrected chi connectivity index (χ1v) is 8.05. The van der Waals surface area contributed by atoms with E-state index in [1.165, 1.54) is 6.07 Å². The van der Waals surface area contributed by atoms with Crippen molar-refractivity contribution in [3.63, 3.8) is 0 Å². The van der Waals surface area contributed by atoms with Gasteiger partial charge in [-0.2, -0.15) is 0 Å². The molecule has 1 N–H and O–H groups in total. The van der Waals surface area contributed by atoms with Crippen LogP contribution in [0, 0.1) is 17.0 Å². The number of halogens is 1. The fourth-order valence-electron chi connectivity index (χ4n) is 1.81. The lowest BCUT2D eigenvalue weighted by atomic mass is 10.2. The third kappa shape index (κ3) is 3.68. The Bertz CT molecular complexity index is 612. The average molecular weight is 321 g/mol. The Kier molecular flexibility index (Phi) is 5.50. The minimum Gasteiger partial charge on any atom is -0.258 e. The largest absolute Gasteiger partial charge is 0.289 e. The number of nitrogens with one attached hydrogen (secondary N) is 1. The fourth-order valence-corrected chi connectivity index (χ4v) is 3.75. The standard InChI is InChI=1S/C12H17ClN2O4S/c1-4-9(5-2)14-20(18,19)12-7-11(15(16)17)10(13)6-8(12)3/h6-7,9,14H,4-5H2,1-3H3. The first-order chi connectivity index (χ1) is 9.22. The number of sulfonamides is 1. The van der Waals surface area contributed by atoms with Gasteiger partial charge in [-0.1, -0.05) is 25.4 Å². The van der Waals surface area contributed by atoms with Gasteiger partial charge in [0.25, 0.3) is 5.69 Å². The maximum atomic E-state index is 12.3. The summed E-state index contributed by atoms with van der Waals surface area (Å²) in [7, 11) is -3.80. The Hall–Kier alpha value is -1.18. The molecule has 6 nitrogen and oxygen atoms in total. The van der Waals surface area contributed by atoms with Crippen LogP contribution in [0.25, 0.3) is 0 Å². The van der Waals surface area contributed by atoms with Gasteiger partial charge < -0.3 is 0 Å². The highest BCUT2D eigenvalue weighted by Gasteiger charge is 2.25. The quantitative estimate of drug-likeness (QED) is 0.644. The van der Waals surface area contributed by atoms with E-state index in [2.05, 4.69) is 4.72 Å². The predicted octanol–water partition coefficient (Wildman–Crippen LogP) is 3.02. The maximum absolute atomic E-state index is 12.3. The van der Waals surface area contributed by atoms with Gasteiger partial charge in [-0.25, -0.2) is 13.1 Å². The van der Waals surface area contributed by atoms with Gasteiger partial charge in [-0.3, -0.25) is 10.1 Å². The first-order valence-electron chi connectivity index (χ1n) is 6.19. The second-order valence-electron chi connectivity index (χ2n) is 4.46. The van der Waals surface area contributed by atoms with Crippen molar-refractivity contribution in [3.8, 4) is 0 Å². The molecule has 0 heterocycles. The number of aryl methyl sites for hydroxylation is 1. The maximum Gasteiger partial charge on any atom is 0.289 e. The topological polar surface area (TPSA) is 89.3 Å². The molecule has 0 aromatic heterocycles. The van der Waals surface area contributed by atoms with E-state index in [9.17, 15) is 18.5 Å². The predicted molar refractivity (Wildman–Crippen MR) is 77.5 cm³/mol. The average Bonchev–Trinajstić information content (AvgIpc) is 2.35. The van der Waals surface area contributed by atoms with Gasteiger partial charge >= 0.3 is 0 Å². The lowest BCUT2D eigenvalue weighted by molar-refractivity contribution is -0.384. The smallest absolute Gasteiger partial charge is 0.258 e. The van der Waals surface area contributed by atoms with Gasteiger partial charge in [0.15, 0.2) is 0 Å². The second kappa shape index (κ2) is 6.51. The van der Waals surface area contributed by atoms with Crippen LogP contribution in [0.1, 0.15) is 32.3 Å². The van der Waals surface area contributed by atoms with Crippen LogP contribution in [-0.4, -0.2) is 19.4 Å². The third-order valence-corrected chi connectivity index (χ3v) is 5.00. The summed E-state index contributed by atoms with van der Waals surface area (Å²) in [6.07, 6.45) is 1.29. The molecule has 20 heavy (non-hydrogen) atoms. The highest BCUT2D eigenvalue weighted by Crippen LogP contribution is 2.30. The number of rotatable bonds is 6. The summed E-state index contributed by atoms with van der Waals surface area (Å²) in [6.45, 7) is 5.29. The molecule has 112 valence electrons. The molecule has 1 aromatic rings. The molecule has 0 radical (unpaired) electrons. The van der Waals surface area contributed by atoms with E-state index in [0.29, 0.717) is 18.4 Å². The molecule has 0 bridgehead atoms. The van der Waals surface area contributed by atoms with Crippen molar-refractivity contribution in [1.82, 2.24) is 4.72 Å². The minimum absolute atomic E-state index is 0.0750. The normalized spacial score (nSPS) is 11.8. The molecule has 0 aliphatic carbocycles. The van der Waals surface area contributed by atoms with Crippen LogP contribution in [0.5, 0.6) is 0 Å². The Balaban J connectivity index is 3.31. The van der Waals surface area contributed by atoms with Crippen LogP contribution >= 0.6 is 11.6 Å². The molecular weight excluding hydrogens is 304 g/mol. The lowest BCUT2D eigenvalue weighted by Crippen LogP contribution is -2.34. The summed E-state index contributed by atoms with van der Waals surface area (Å²) in [5.41, 5.74) is -0.0405. The Morgan fingerprint density at radius 2 is 1.90 bits per heavy atom.